The van der Waals surface area contributed by atoms with Crippen LogP contribution < -0.4 is 11.1 Å². The number of amides is 1. The monoisotopic (exact) mass is 371 g/mol. The fraction of sp³-hybridized carbons (Fsp3) is 0.438. The van der Waals surface area contributed by atoms with Crippen LogP contribution in [0.25, 0.3) is 0 Å². The zero-order chi connectivity index (χ0) is 15.4. The molecule has 6 nitrogen and oxygen atoms in total. The topological polar surface area (TPSA) is 85.8 Å². The number of nitrogens with zero attached hydrogens (tertiary/aromatic N) is 3. The summed E-state index contributed by atoms with van der Waals surface area (Å²) in [5, 5.41) is 7.05. The molecule has 0 bridgehead atoms. The molecular weight excluding hydrogens is 349 g/mol. The second-order valence-corrected chi connectivity index (χ2v) is 5.90. The molecular formula is C16H23Cl2N5O. The smallest absolute Gasteiger partial charge is 0.224 e. The minimum Gasteiger partial charge on any atom is -0.327 e. The van der Waals surface area contributed by atoms with Gasteiger partial charge in [-0.3, -0.25) is 4.79 Å². The van der Waals surface area contributed by atoms with Crippen molar-refractivity contribution in [1.29, 1.82) is 0 Å². The van der Waals surface area contributed by atoms with E-state index in [1.165, 1.54) is 6.33 Å². The van der Waals surface area contributed by atoms with E-state index in [0.29, 0.717) is 18.9 Å². The van der Waals surface area contributed by atoms with E-state index in [-0.39, 0.29) is 36.8 Å². The molecule has 24 heavy (non-hydrogen) atoms. The molecule has 8 heteroatoms. The Morgan fingerprint density at radius 2 is 2.17 bits per heavy atom. The van der Waals surface area contributed by atoms with Crippen LogP contribution in [-0.2, 0) is 11.3 Å². The van der Waals surface area contributed by atoms with Gasteiger partial charge in [-0.15, -0.1) is 24.8 Å². The zero-order valence-corrected chi connectivity index (χ0v) is 14.9. The highest BCUT2D eigenvalue weighted by Gasteiger charge is 2.25. The lowest BCUT2D eigenvalue weighted by Gasteiger charge is -2.15. The van der Waals surface area contributed by atoms with Gasteiger partial charge in [0.2, 0.25) is 5.91 Å². The predicted octanol–water partition coefficient (Wildman–Crippen LogP) is 2.63. The Labute approximate surface area is 154 Å². The van der Waals surface area contributed by atoms with E-state index in [2.05, 4.69) is 15.4 Å². The summed E-state index contributed by atoms with van der Waals surface area (Å²) in [6.07, 6.45) is 6.91. The van der Waals surface area contributed by atoms with Gasteiger partial charge in [0.15, 0.2) is 0 Å². The Morgan fingerprint density at radius 3 is 2.83 bits per heavy atom. The number of anilines is 1. The minimum atomic E-state index is 0. The van der Waals surface area contributed by atoms with Crippen molar-refractivity contribution >= 4 is 36.4 Å². The van der Waals surface area contributed by atoms with Crippen LogP contribution in [-0.4, -0.2) is 26.7 Å². The fourth-order valence-corrected chi connectivity index (χ4v) is 3.02. The van der Waals surface area contributed by atoms with Crippen molar-refractivity contribution in [3.63, 3.8) is 0 Å². The summed E-state index contributed by atoms with van der Waals surface area (Å²) < 4.78 is 1.75. The van der Waals surface area contributed by atoms with Crippen LogP contribution in [0.3, 0.4) is 0 Å². The number of nitrogens with two attached hydrogens (primary N) is 1. The van der Waals surface area contributed by atoms with Gasteiger partial charge in [-0.05, 0) is 36.5 Å². The van der Waals surface area contributed by atoms with E-state index in [9.17, 15) is 4.79 Å². The van der Waals surface area contributed by atoms with Gasteiger partial charge >= 0.3 is 0 Å². The van der Waals surface area contributed by atoms with Gasteiger partial charge < -0.3 is 11.1 Å². The lowest BCUT2D eigenvalue weighted by atomic mass is 10.00. The van der Waals surface area contributed by atoms with Gasteiger partial charge in [-0.25, -0.2) is 9.67 Å². The molecule has 3 rings (SSSR count). The number of nitrogens with one attached hydrogen (secondary N) is 1. The highest BCUT2D eigenvalue weighted by Crippen LogP contribution is 2.27. The van der Waals surface area contributed by atoms with Crippen molar-refractivity contribution in [3.8, 4) is 0 Å². The number of hydrogen-bond acceptors (Lipinski definition) is 4. The third kappa shape index (κ3) is 5.47. The normalized spacial score (nSPS) is 19.2. The Balaban J connectivity index is 0.00000144. The molecule has 1 saturated carbocycles. The van der Waals surface area contributed by atoms with Crippen molar-refractivity contribution in [1.82, 2.24) is 14.8 Å². The van der Waals surface area contributed by atoms with E-state index in [0.717, 1.165) is 30.5 Å². The van der Waals surface area contributed by atoms with Crippen molar-refractivity contribution in [2.24, 2.45) is 11.7 Å². The molecule has 1 aromatic carbocycles. The van der Waals surface area contributed by atoms with Crippen LogP contribution in [0.5, 0.6) is 0 Å². The molecule has 1 aliphatic rings. The molecule has 1 amide bonds. The van der Waals surface area contributed by atoms with E-state index in [1.807, 2.05) is 24.3 Å². The molecule has 1 heterocycles. The summed E-state index contributed by atoms with van der Waals surface area (Å²) in [4.78, 5) is 16.1. The predicted molar refractivity (Wildman–Crippen MR) is 98.6 cm³/mol. The molecule has 132 valence electrons. The summed E-state index contributed by atoms with van der Waals surface area (Å²) in [5.74, 6) is 0.360. The summed E-state index contributed by atoms with van der Waals surface area (Å²) >= 11 is 0. The highest BCUT2D eigenvalue weighted by molar-refractivity contribution is 5.91. The average molecular weight is 372 g/mol. The third-order valence-corrected chi connectivity index (χ3v) is 4.19. The standard InChI is InChI=1S/C16H21N5O.2ClH/c17-15-6-2-4-13(15)8-16(22)20-14-5-1-3-12(7-14)9-21-11-18-10-19-21;;/h1,3,5,7,10-11,13,15H,2,4,6,8-9,17H2,(H,20,22);2*1H/t13-,15+;;/m0../s1. The Kier molecular flexibility index (Phi) is 8.18. The maximum Gasteiger partial charge on any atom is 0.224 e. The van der Waals surface area contributed by atoms with Crippen LogP contribution in [0.2, 0.25) is 0 Å². The quantitative estimate of drug-likeness (QED) is 0.845. The van der Waals surface area contributed by atoms with E-state index in [1.54, 1.807) is 11.0 Å². The van der Waals surface area contributed by atoms with Gasteiger partial charge in [0, 0.05) is 18.2 Å². The number of halogens is 2. The van der Waals surface area contributed by atoms with E-state index in [4.69, 9.17) is 5.73 Å². The van der Waals surface area contributed by atoms with Crippen molar-refractivity contribution in [3.05, 3.63) is 42.5 Å². The summed E-state index contributed by atoms with van der Waals surface area (Å²) in [7, 11) is 0. The number of carbonyl (C=O) groups is 1. The molecule has 0 aliphatic heterocycles. The molecule has 1 aliphatic carbocycles. The van der Waals surface area contributed by atoms with Crippen LogP contribution in [0.15, 0.2) is 36.9 Å². The first-order valence-corrected chi connectivity index (χ1v) is 7.67. The number of aromatic nitrogens is 3. The maximum atomic E-state index is 12.1. The lowest BCUT2D eigenvalue weighted by Crippen LogP contribution is -2.28. The summed E-state index contributed by atoms with van der Waals surface area (Å²) in [5.41, 5.74) is 7.91. The first kappa shape index (κ1) is 20.4. The number of benzene rings is 1. The van der Waals surface area contributed by atoms with Crippen LogP contribution in [0.1, 0.15) is 31.2 Å². The fourth-order valence-electron chi connectivity index (χ4n) is 3.02. The molecule has 0 radical (unpaired) electrons. The van der Waals surface area contributed by atoms with Gasteiger partial charge in [-0.2, -0.15) is 5.10 Å². The number of rotatable bonds is 5. The maximum absolute atomic E-state index is 12.1. The second kappa shape index (κ2) is 9.61. The molecule has 1 aromatic heterocycles. The van der Waals surface area contributed by atoms with Crippen molar-refractivity contribution in [2.45, 2.75) is 38.3 Å². The van der Waals surface area contributed by atoms with Crippen LogP contribution in [0, 0.1) is 5.92 Å². The Hall–Kier alpha value is -1.63. The molecule has 2 atom stereocenters. The summed E-state index contributed by atoms with van der Waals surface area (Å²) in [6, 6.07) is 7.98. The van der Waals surface area contributed by atoms with Crippen molar-refractivity contribution < 1.29 is 4.79 Å². The van der Waals surface area contributed by atoms with Gasteiger partial charge in [0.25, 0.3) is 0 Å². The van der Waals surface area contributed by atoms with E-state index >= 15 is 0 Å². The van der Waals surface area contributed by atoms with Gasteiger partial charge in [0.05, 0.1) is 6.54 Å². The van der Waals surface area contributed by atoms with Crippen LogP contribution in [0.4, 0.5) is 5.69 Å². The molecule has 0 saturated heterocycles. The lowest BCUT2D eigenvalue weighted by molar-refractivity contribution is -0.117. The van der Waals surface area contributed by atoms with Gasteiger partial charge in [0.1, 0.15) is 12.7 Å². The second-order valence-electron chi connectivity index (χ2n) is 5.90. The largest absolute Gasteiger partial charge is 0.327 e. The number of hydrogen-bond donors (Lipinski definition) is 2. The Morgan fingerprint density at radius 1 is 1.33 bits per heavy atom. The van der Waals surface area contributed by atoms with Crippen molar-refractivity contribution in [2.75, 3.05) is 5.32 Å². The third-order valence-electron chi connectivity index (χ3n) is 4.19. The van der Waals surface area contributed by atoms with E-state index < -0.39 is 0 Å². The SMILES string of the molecule is Cl.Cl.N[C@@H]1CCC[C@H]1CC(=O)Nc1cccc(Cn2cncn2)c1. The molecule has 0 spiro atoms. The molecule has 1 fully saturated rings. The Bertz CT molecular complexity index is 635. The number of carbonyl (C=O) groups excluding carboxylic acids is 1. The summed E-state index contributed by atoms with van der Waals surface area (Å²) in [6.45, 7) is 0.636. The molecule has 3 N–H and O–H groups in total. The minimum absolute atomic E-state index is 0. The zero-order valence-electron chi connectivity index (χ0n) is 13.3. The van der Waals surface area contributed by atoms with Gasteiger partial charge in [-0.1, -0.05) is 18.6 Å². The highest BCUT2D eigenvalue weighted by atomic mass is 35.5. The first-order chi connectivity index (χ1) is 10.7. The first-order valence-electron chi connectivity index (χ1n) is 7.67. The molecule has 2 aromatic rings. The van der Waals surface area contributed by atoms with Crippen LogP contribution >= 0.6 is 24.8 Å². The molecule has 0 unspecified atom stereocenters. The average Bonchev–Trinajstić information content (AvgIpc) is 3.12.